The number of amides is 2. The molecule has 0 saturated heterocycles. The van der Waals surface area contributed by atoms with Gasteiger partial charge in [-0.2, -0.15) is 13.2 Å². The highest BCUT2D eigenvalue weighted by Gasteiger charge is 2.32. The van der Waals surface area contributed by atoms with Gasteiger partial charge in [-0.1, -0.05) is 6.07 Å². The molecular weight excluding hydrogens is 439 g/mol. The number of hydrogen-bond acceptors (Lipinski definition) is 7. The standard InChI is InChI=1S/C21H20F3N7O2/c1-12-6-14(8-15(7-12)30-20-26-5-4-16(31-20)21(22,23)24)13-2-3-18(27-9-13)28-11-19(33)29-10-17(25)32/h2-9H,10-11H2,1H3,(H2,25,32)(H,27,28)(H,29,33)(H,26,30,31). The fourth-order valence-corrected chi connectivity index (χ4v) is 2.82. The quantitative estimate of drug-likeness (QED) is 0.407. The summed E-state index contributed by atoms with van der Waals surface area (Å²) in [5.74, 6) is -0.784. The van der Waals surface area contributed by atoms with Crippen LogP contribution < -0.4 is 21.7 Å². The molecule has 172 valence electrons. The normalized spacial score (nSPS) is 11.0. The fraction of sp³-hybridized carbons (Fsp3) is 0.190. The summed E-state index contributed by atoms with van der Waals surface area (Å²) >= 11 is 0. The van der Waals surface area contributed by atoms with Gasteiger partial charge in [-0.15, -0.1) is 0 Å². The van der Waals surface area contributed by atoms with Gasteiger partial charge in [-0.3, -0.25) is 9.59 Å². The molecule has 0 aliphatic heterocycles. The summed E-state index contributed by atoms with van der Waals surface area (Å²) in [6.07, 6.45) is -1.94. The Morgan fingerprint density at radius 1 is 1.03 bits per heavy atom. The van der Waals surface area contributed by atoms with Crippen molar-refractivity contribution in [1.29, 1.82) is 0 Å². The molecule has 3 aromatic rings. The van der Waals surface area contributed by atoms with E-state index in [1.807, 2.05) is 13.0 Å². The summed E-state index contributed by atoms with van der Waals surface area (Å²) in [5, 5.41) is 7.97. The van der Waals surface area contributed by atoms with Gasteiger partial charge in [0, 0.05) is 23.6 Å². The number of carbonyl (C=O) groups is 2. The van der Waals surface area contributed by atoms with Gasteiger partial charge in [0.05, 0.1) is 13.1 Å². The van der Waals surface area contributed by atoms with Gasteiger partial charge in [0.25, 0.3) is 0 Å². The van der Waals surface area contributed by atoms with Crippen molar-refractivity contribution in [1.82, 2.24) is 20.3 Å². The van der Waals surface area contributed by atoms with Crippen molar-refractivity contribution in [3.63, 3.8) is 0 Å². The van der Waals surface area contributed by atoms with Crippen LogP contribution in [0.5, 0.6) is 0 Å². The number of nitrogens with two attached hydrogens (primary N) is 1. The molecule has 2 amide bonds. The first-order valence-corrected chi connectivity index (χ1v) is 9.64. The number of aromatic nitrogens is 3. The smallest absolute Gasteiger partial charge is 0.368 e. The van der Waals surface area contributed by atoms with E-state index in [2.05, 4.69) is 30.9 Å². The summed E-state index contributed by atoms with van der Waals surface area (Å²) < 4.78 is 38.7. The predicted octanol–water partition coefficient (Wildman–Crippen LogP) is 2.62. The number of halogens is 3. The number of nitrogens with zero attached hydrogens (tertiary/aromatic N) is 3. The van der Waals surface area contributed by atoms with Crippen LogP contribution in [0, 0.1) is 6.92 Å². The third-order valence-electron chi connectivity index (χ3n) is 4.27. The number of anilines is 3. The largest absolute Gasteiger partial charge is 0.433 e. The maximum absolute atomic E-state index is 12.9. The lowest BCUT2D eigenvalue weighted by Crippen LogP contribution is -2.36. The lowest BCUT2D eigenvalue weighted by atomic mass is 10.0. The maximum Gasteiger partial charge on any atom is 0.433 e. The Labute approximate surface area is 186 Å². The van der Waals surface area contributed by atoms with Crippen LogP contribution in [0.25, 0.3) is 11.1 Å². The average Bonchev–Trinajstić information content (AvgIpc) is 2.76. The Kier molecular flexibility index (Phi) is 7.06. The fourth-order valence-electron chi connectivity index (χ4n) is 2.82. The molecule has 0 fully saturated rings. The number of carbonyl (C=O) groups excluding carboxylic acids is 2. The van der Waals surface area contributed by atoms with Crippen molar-refractivity contribution >= 4 is 29.3 Å². The van der Waals surface area contributed by atoms with E-state index in [-0.39, 0.29) is 19.0 Å². The summed E-state index contributed by atoms with van der Waals surface area (Å²) in [7, 11) is 0. The Bertz CT molecular complexity index is 1150. The zero-order valence-electron chi connectivity index (χ0n) is 17.4. The van der Waals surface area contributed by atoms with E-state index in [0.29, 0.717) is 11.5 Å². The number of aryl methyl sites for hydroxylation is 1. The Morgan fingerprint density at radius 3 is 2.48 bits per heavy atom. The van der Waals surface area contributed by atoms with E-state index in [1.54, 1.807) is 30.5 Å². The first-order valence-electron chi connectivity index (χ1n) is 9.64. The predicted molar refractivity (Wildman–Crippen MR) is 115 cm³/mol. The second-order valence-electron chi connectivity index (χ2n) is 7.00. The lowest BCUT2D eigenvalue weighted by Gasteiger charge is -2.11. The van der Waals surface area contributed by atoms with E-state index in [0.717, 1.165) is 29.0 Å². The summed E-state index contributed by atoms with van der Waals surface area (Å²) in [4.78, 5) is 33.9. The number of benzene rings is 1. The molecule has 0 bridgehead atoms. The van der Waals surface area contributed by atoms with E-state index < -0.39 is 23.7 Å². The number of hydrogen-bond donors (Lipinski definition) is 4. The molecule has 0 aliphatic carbocycles. The van der Waals surface area contributed by atoms with E-state index in [1.165, 1.54) is 0 Å². The molecule has 0 unspecified atom stereocenters. The SMILES string of the molecule is Cc1cc(Nc2nccc(C(F)(F)F)n2)cc(-c2ccc(NCC(=O)NCC(N)=O)nc2)c1. The third kappa shape index (κ3) is 6.89. The van der Waals surface area contributed by atoms with E-state index >= 15 is 0 Å². The van der Waals surface area contributed by atoms with Crippen molar-refractivity contribution in [3.05, 3.63) is 60.0 Å². The molecule has 3 rings (SSSR count). The van der Waals surface area contributed by atoms with Gasteiger partial charge in [-0.25, -0.2) is 15.0 Å². The van der Waals surface area contributed by atoms with E-state index in [9.17, 15) is 22.8 Å². The highest BCUT2D eigenvalue weighted by molar-refractivity contribution is 5.85. The molecule has 33 heavy (non-hydrogen) atoms. The molecular formula is C21H20F3N7O2. The number of nitrogens with one attached hydrogen (secondary N) is 3. The first-order chi connectivity index (χ1) is 15.6. The van der Waals surface area contributed by atoms with Crippen LogP contribution in [-0.2, 0) is 15.8 Å². The van der Waals surface area contributed by atoms with Crippen molar-refractivity contribution in [2.45, 2.75) is 13.1 Å². The maximum atomic E-state index is 12.9. The van der Waals surface area contributed by atoms with Crippen LogP contribution in [0.2, 0.25) is 0 Å². The number of pyridine rings is 1. The number of rotatable bonds is 8. The molecule has 0 atom stereocenters. The van der Waals surface area contributed by atoms with Crippen LogP contribution in [-0.4, -0.2) is 39.9 Å². The minimum absolute atomic E-state index is 0.0882. The molecule has 2 aromatic heterocycles. The Balaban J connectivity index is 1.70. The van der Waals surface area contributed by atoms with Crippen LogP contribution in [0.3, 0.4) is 0 Å². The van der Waals surface area contributed by atoms with Crippen molar-refractivity contribution in [3.8, 4) is 11.1 Å². The lowest BCUT2D eigenvalue weighted by molar-refractivity contribution is -0.141. The average molecular weight is 459 g/mol. The van der Waals surface area contributed by atoms with Gasteiger partial charge in [0.15, 0.2) is 0 Å². The Morgan fingerprint density at radius 2 is 1.82 bits per heavy atom. The molecule has 2 heterocycles. The zero-order valence-corrected chi connectivity index (χ0v) is 17.4. The summed E-state index contributed by atoms with van der Waals surface area (Å²) in [6, 6.07) is 9.62. The topological polar surface area (TPSA) is 135 Å². The molecule has 0 aliphatic rings. The van der Waals surface area contributed by atoms with Crippen molar-refractivity contribution < 1.29 is 22.8 Å². The monoisotopic (exact) mass is 459 g/mol. The number of alkyl halides is 3. The van der Waals surface area contributed by atoms with Crippen LogP contribution >= 0.6 is 0 Å². The highest BCUT2D eigenvalue weighted by atomic mass is 19.4. The van der Waals surface area contributed by atoms with E-state index in [4.69, 9.17) is 5.73 Å². The van der Waals surface area contributed by atoms with Gasteiger partial charge in [-0.05, 0) is 48.4 Å². The third-order valence-corrected chi connectivity index (χ3v) is 4.27. The van der Waals surface area contributed by atoms with Gasteiger partial charge >= 0.3 is 6.18 Å². The van der Waals surface area contributed by atoms with Crippen LogP contribution in [0.15, 0.2) is 48.8 Å². The molecule has 1 aromatic carbocycles. The molecule has 12 heteroatoms. The highest BCUT2D eigenvalue weighted by Crippen LogP contribution is 2.29. The first kappa shape index (κ1) is 23.4. The van der Waals surface area contributed by atoms with Gasteiger partial charge < -0.3 is 21.7 Å². The molecule has 5 N–H and O–H groups in total. The minimum atomic E-state index is -4.57. The zero-order chi connectivity index (χ0) is 24.0. The summed E-state index contributed by atoms with van der Waals surface area (Å²) in [6.45, 7) is 1.51. The second kappa shape index (κ2) is 9.94. The van der Waals surface area contributed by atoms with Crippen LogP contribution in [0.4, 0.5) is 30.6 Å². The van der Waals surface area contributed by atoms with Crippen molar-refractivity contribution in [2.75, 3.05) is 23.7 Å². The molecule has 0 radical (unpaired) electrons. The van der Waals surface area contributed by atoms with Crippen molar-refractivity contribution in [2.24, 2.45) is 5.73 Å². The minimum Gasteiger partial charge on any atom is -0.368 e. The Hall–Kier alpha value is -4.22. The van der Waals surface area contributed by atoms with Gasteiger partial charge in [0.2, 0.25) is 17.8 Å². The number of primary amides is 1. The second-order valence-corrected chi connectivity index (χ2v) is 7.00. The van der Waals surface area contributed by atoms with Crippen LogP contribution in [0.1, 0.15) is 11.3 Å². The molecule has 0 saturated carbocycles. The summed E-state index contributed by atoms with van der Waals surface area (Å²) in [5.41, 5.74) is 6.81. The molecule has 0 spiro atoms. The van der Waals surface area contributed by atoms with Gasteiger partial charge in [0.1, 0.15) is 11.5 Å². The molecule has 9 nitrogen and oxygen atoms in total.